The number of benzene rings is 1. The standard InChI is InChI=1S/C17H22O2/c1-17(12-4-3-5-13-17)16(18)11-8-14-6-9-15(19-2)10-7-14/h6-11H,3-5,12-13H2,1-2H3/b11-8+. The van der Waals surface area contributed by atoms with Crippen LogP contribution in [0.15, 0.2) is 30.3 Å². The van der Waals surface area contributed by atoms with Crippen molar-refractivity contribution in [3.8, 4) is 5.75 Å². The molecule has 102 valence electrons. The predicted molar refractivity (Wildman–Crippen MR) is 78.2 cm³/mol. The quantitative estimate of drug-likeness (QED) is 0.755. The van der Waals surface area contributed by atoms with Gasteiger partial charge in [0.05, 0.1) is 7.11 Å². The number of rotatable bonds is 4. The van der Waals surface area contributed by atoms with Crippen LogP contribution in [0.2, 0.25) is 0 Å². The Morgan fingerprint density at radius 2 is 1.79 bits per heavy atom. The molecular weight excluding hydrogens is 236 g/mol. The first-order valence-corrected chi connectivity index (χ1v) is 7.01. The highest BCUT2D eigenvalue weighted by Crippen LogP contribution is 2.36. The molecule has 0 saturated heterocycles. The third-order valence-electron chi connectivity index (χ3n) is 4.09. The van der Waals surface area contributed by atoms with Gasteiger partial charge >= 0.3 is 0 Å². The first-order chi connectivity index (χ1) is 9.14. The van der Waals surface area contributed by atoms with Crippen molar-refractivity contribution in [3.63, 3.8) is 0 Å². The Kier molecular flexibility index (Phi) is 4.41. The third kappa shape index (κ3) is 3.46. The summed E-state index contributed by atoms with van der Waals surface area (Å²) >= 11 is 0. The van der Waals surface area contributed by atoms with Gasteiger partial charge in [0.15, 0.2) is 5.78 Å². The Hall–Kier alpha value is -1.57. The molecule has 2 rings (SSSR count). The predicted octanol–water partition coefficient (Wildman–Crippen LogP) is 4.25. The smallest absolute Gasteiger partial charge is 0.161 e. The van der Waals surface area contributed by atoms with E-state index in [2.05, 4.69) is 6.92 Å². The molecule has 1 aliphatic carbocycles. The Labute approximate surface area is 115 Å². The summed E-state index contributed by atoms with van der Waals surface area (Å²) < 4.78 is 5.11. The topological polar surface area (TPSA) is 26.3 Å². The molecule has 0 atom stereocenters. The second-order valence-corrected chi connectivity index (χ2v) is 5.59. The summed E-state index contributed by atoms with van der Waals surface area (Å²) in [7, 11) is 1.65. The number of allylic oxidation sites excluding steroid dienone is 1. The Bertz CT molecular complexity index is 451. The van der Waals surface area contributed by atoms with E-state index in [1.807, 2.05) is 30.3 Å². The molecule has 1 aliphatic rings. The van der Waals surface area contributed by atoms with Crippen LogP contribution in [0.3, 0.4) is 0 Å². The van der Waals surface area contributed by atoms with Gasteiger partial charge in [-0.2, -0.15) is 0 Å². The molecule has 0 aliphatic heterocycles. The minimum atomic E-state index is -0.138. The maximum Gasteiger partial charge on any atom is 0.161 e. The number of carbonyl (C=O) groups excluding carboxylic acids is 1. The molecule has 1 saturated carbocycles. The van der Waals surface area contributed by atoms with Gasteiger partial charge in [-0.15, -0.1) is 0 Å². The molecule has 0 N–H and O–H groups in total. The maximum absolute atomic E-state index is 12.3. The normalized spacial score (nSPS) is 18.4. The van der Waals surface area contributed by atoms with E-state index in [0.29, 0.717) is 0 Å². The molecule has 0 aromatic heterocycles. The Balaban J connectivity index is 2.02. The van der Waals surface area contributed by atoms with E-state index in [4.69, 9.17) is 4.74 Å². The molecule has 0 spiro atoms. The van der Waals surface area contributed by atoms with Crippen LogP contribution in [0.25, 0.3) is 6.08 Å². The van der Waals surface area contributed by atoms with Gasteiger partial charge in [-0.25, -0.2) is 0 Å². The van der Waals surface area contributed by atoms with Crippen molar-refractivity contribution in [2.24, 2.45) is 5.41 Å². The van der Waals surface area contributed by atoms with Crippen molar-refractivity contribution in [2.75, 3.05) is 7.11 Å². The Morgan fingerprint density at radius 1 is 1.16 bits per heavy atom. The van der Waals surface area contributed by atoms with Crippen molar-refractivity contribution >= 4 is 11.9 Å². The van der Waals surface area contributed by atoms with E-state index >= 15 is 0 Å². The molecule has 0 amide bonds. The second-order valence-electron chi connectivity index (χ2n) is 5.59. The highest BCUT2D eigenvalue weighted by atomic mass is 16.5. The molecule has 2 heteroatoms. The molecule has 0 radical (unpaired) electrons. The molecule has 19 heavy (non-hydrogen) atoms. The first-order valence-electron chi connectivity index (χ1n) is 7.01. The maximum atomic E-state index is 12.3. The van der Waals surface area contributed by atoms with Gasteiger partial charge in [-0.05, 0) is 36.6 Å². The summed E-state index contributed by atoms with van der Waals surface area (Å²) in [6, 6.07) is 7.75. The van der Waals surface area contributed by atoms with Crippen LogP contribution in [0.4, 0.5) is 0 Å². The van der Waals surface area contributed by atoms with Crippen molar-refractivity contribution < 1.29 is 9.53 Å². The van der Waals surface area contributed by atoms with Crippen molar-refractivity contribution in [1.82, 2.24) is 0 Å². The fourth-order valence-electron chi connectivity index (χ4n) is 2.67. The summed E-state index contributed by atoms with van der Waals surface area (Å²) in [5.41, 5.74) is 0.898. The molecule has 2 nitrogen and oxygen atoms in total. The van der Waals surface area contributed by atoms with Crippen LogP contribution in [0.1, 0.15) is 44.6 Å². The summed E-state index contributed by atoms with van der Waals surface area (Å²) in [6.07, 6.45) is 9.33. The van der Waals surface area contributed by atoms with Gasteiger partial charge in [-0.1, -0.05) is 44.4 Å². The van der Waals surface area contributed by atoms with Crippen LogP contribution in [-0.4, -0.2) is 12.9 Å². The van der Waals surface area contributed by atoms with Crippen molar-refractivity contribution in [1.29, 1.82) is 0 Å². The van der Waals surface area contributed by atoms with E-state index in [1.165, 1.54) is 19.3 Å². The number of ketones is 1. The minimum Gasteiger partial charge on any atom is -0.497 e. The molecule has 1 aromatic rings. The molecular formula is C17H22O2. The van der Waals surface area contributed by atoms with Crippen molar-refractivity contribution in [3.05, 3.63) is 35.9 Å². The van der Waals surface area contributed by atoms with E-state index in [-0.39, 0.29) is 11.2 Å². The lowest BCUT2D eigenvalue weighted by atomic mass is 9.72. The van der Waals surface area contributed by atoms with Gasteiger partial charge < -0.3 is 4.74 Å². The van der Waals surface area contributed by atoms with Gasteiger partial charge in [-0.3, -0.25) is 4.79 Å². The van der Waals surface area contributed by atoms with Crippen LogP contribution in [0, 0.1) is 5.41 Å². The minimum absolute atomic E-state index is 0.138. The first kappa shape index (κ1) is 13.9. The number of ether oxygens (including phenoxy) is 1. The van der Waals surface area contributed by atoms with E-state index in [9.17, 15) is 4.79 Å². The zero-order chi connectivity index (χ0) is 13.7. The number of hydrogen-bond acceptors (Lipinski definition) is 2. The van der Waals surface area contributed by atoms with Crippen LogP contribution in [-0.2, 0) is 4.79 Å². The largest absolute Gasteiger partial charge is 0.497 e. The molecule has 1 fully saturated rings. The van der Waals surface area contributed by atoms with E-state index < -0.39 is 0 Å². The highest BCUT2D eigenvalue weighted by Gasteiger charge is 2.32. The molecule has 0 bridgehead atoms. The molecule has 0 unspecified atom stereocenters. The zero-order valence-corrected chi connectivity index (χ0v) is 11.8. The van der Waals surface area contributed by atoms with Gasteiger partial charge in [0.25, 0.3) is 0 Å². The number of hydrogen-bond donors (Lipinski definition) is 0. The molecule has 0 heterocycles. The monoisotopic (exact) mass is 258 g/mol. The molecule has 1 aromatic carbocycles. The van der Waals surface area contributed by atoms with Crippen LogP contribution < -0.4 is 4.74 Å². The lowest BCUT2D eigenvalue weighted by Crippen LogP contribution is -2.28. The van der Waals surface area contributed by atoms with Crippen LogP contribution >= 0.6 is 0 Å². The second kappa shape index (κ2) is 6.05. The van der Waals surface area contributed by atoms with Gasteiger partial charge in [0.2, 0.25) is 0 Å². The van der Waals surface area contributed by atoms with Gasteiger partial charge in [0, 0.05) is 5.41 Å². The SMILES string of the molecule is COc1ccc(/C=C/C(=O)C2(C)CCCCC2)cc1. The average molecular weight is 258 g/mol. The summed E-state index contributed by atoms with van der Waals surface area (Å²) in [5.74, 6) is 1.10. The van der Waals surface area contributed by atoms with E-state index in [1.54, 1.807) is 13.2 Å². The summed E-state index contributed by atoms with van der Waals surface area (Å²) in [6.45, 7) is 2.10. The fraction of sp³-hybridized carbons (Fsp3) is 0.471. The lowest BCUT2D eigenvalue weighted by Gasteiger charge is -2.30. The zero-order valence-electron chi connectivity index (χ0n) is 11.8. The fourth-order valence-corrected chi connectivity index (χ4v) is 2.67. The van der Waals surface area contributed by atoms with Crippen LogP contribution in [0.5, 0.6) is 5.75 Å². The van der Waals surface area contributed by atoms with Crippen molar-refractivity contribution in [2.45, 2.75) is 39.0 Å². The van der Waals surface area contributed by atoms with Gasteiger partial charge in [0.1, 0.15) is 5.75 Å². The average Bonchev–Trinajstić information content (AvgIpc) is 2.46. The Morgan fingerprint density at radius 3 is 2.37 bits per heavy atom. The van der Waals surface area contributed by atoms with E-state index in [0.717, 1.165) is 24.2 Å². The lowest BCUT2D eigenvalue weighted by molar-refractivity contribution is -0.124. The summed E-state index contributed by atoms with van der Waals surface area (Å²) in [4.78, 5) is 12.3. The highest BCUT2D eigenvalue weighted by molar-refractivity contribution is 5.97. The number of methoxy groups -OCH3 is 1. The third-order valence-corrected chi connectivity index (χ3v) is 4.09. The summed E-state index contributed by atoms with van der Waals surface area (Å²) in [5, 5.41) is 0. The number of carbonyl (C=O) groups is 1.